The summed E-state index contributed by atoms with van der Waals surface area (Å²) in [5.74, 6) is 1.95. The van der Waals surface area contributed by atoms with Crippen LogP contribution in [0.4, 0.5) is 4.39 Å². The van der Waals surface area contributed by atoms with E-state index in [1.165, 1.54) is 18.2 Å². The van der Waals surface area contributed by atoms with Gasteiger partial charge in [-0.1, -0.05) is 5.92 Å². The summed E-state index contributed by atoms with van der Waals surface area (Å²) in [6.45, 7) is 1.68. The van der Waals surface area contributed by atoms with E-state index in [0.717, 1.165) is 0 Å². The number of halogens is 1. The Morgan fingerprint density at radius 3 is 2.68 bits per heavy atom. The summed E-state index contributed by atoms with van der Waals surface area (Å²) in [6, 6.07) is 7.35. The average Bonchev–Trinajstić information content (AvgIpc) is 2.37. The van der Waals surface area contributed by atoms with Crippen LogP contribution in [0.15, 0.2) is 29.1 Å². The lowest BCUT2D eigenvalue weighted by Gasteiger charge is -2.08. The molecule has 0 spiro atoms. The second kappa shape index (κ2) is 4.80. The minimum Gasteiger partial charge on any atom is -0.325 e. The van der Waals surface area contributed by atoms with Gasteiger partial charge in [-0.3, -0.25) is 4.79 Å². The Hall–Kier alpha value is -2.85. The van der Waals surface area contributed by atoms with Crippen molar-refractivity contribution in [2.45, 2.75) is 6.92 Å². The van der Waals surface area contributed by atoms with Gasteiger partial charge in [-0.2, -0.15) is 5.26 Å². The van der Waals surface area contributed by atoms with E-state index in [1.807, 2.05) is 6.07 Å². The number of aryl methyl sites for hydroxylation is 1. The number of hydrogen-bond acceptors (Lipinski definition) is 2. The molecule has 19 heavy (non-hydrogen) atoms. The maximum atomic E-state index is 13.4. The second-order valence-corrected chi connectivity index (χ2v) is 4.02. The summed E-state index contributed by atoms with van der Waals surface area (Å²) in [7, 11) is 0. The summed E-state index contributed by atoms with van der Waals surface area (Å²) >= 11 is 0. The van der Waals surface area contributed by atoms with E-state index in [2.05, 4.69) is 10.9 Å². The summed E-state index contributed by atoms with van der Waals surface area (Å²) in [5.41, 5.74) is 1.14. The van der Waals surface area contributed by atoms with Crippen LogP contribution in [0.3, 0.4) is 0 Å². The van der Waals surface area contributed by atoms with Crippen LogP contribution in [-0.4, -0.2) is 4.98 Å². The minimum atomic E-state index is -0.510. The molecular formula is C15H9FN2O. The maximum absolute atomic E-state index is 13.4. The van der Waals surface area contributed by atoms with Crippen molar-refractivity contribution in [2.24, 2.45) is 0 Å². The number of H-pyrrole nitrogens is 1. The molecular weight excluding hydrogens is 243 g/mol. The molecule has 0 fully saturated rings. The number of hydrogen-bond donors (Lipinski definition) is 1. The zero-order valence-corrected chi connectivity index (χ0v) is 10.1. The third-order valence-electron chi connectivity index (χ3n) is 2.71. The molecule has 0 bridgehead atoms. The molecule has 0 radical (unpaired) electrons. The van der Waals surface area contributed by atoms with E-state index >= 15 is 0 Å². The van der Waals surface area contributed by atoms with Gasteiger partial charge in [0.2, 0.25) is 0 Å². The molecule has 0 saturated heterocycles. The molecule has 0 aliphatic heterocycles. The van der Waals surface area contributed by atoms with E-state index in [0.29, 0.717) is 22.4 Å². The maximum Gasteiger partial charge on any atom is 0.266 e. The van der Waals surface area contributed by atoms with E-state index in [-0.39, 0.29) is 5.56 Å². The fraction of sp³-hybridized carbons (Fsp3) is 0.0667. The number of rotatable bonds is 1. The van der Waals surface area contributed by atoms with Crippen molar-refractivity contribution in [3.05, 3.63) is 57.3 Å². The molecule has 1 aromatic carbocycles. The molecule has 3 nitrogen and oxygen atoms in total. The predicted molar refractivity (Wildman–Crippen MR) is 69.8 cm³/mol. The molecule has 0 aliphatic carbocycles. The minimum absolute atomic E-state index is 0.0762. The van der Waals surface area contributed by atoms with Gasteiger partial charge in [0.1, 0.15) is 17.4 Å². The van der Waals surface area contributed by atoms with Crippen LogP contribution in [0.25, 0.3) is 11.1 Å². The summed E-state index contributed by atoms with van der Waals surface area (Å²) < 4.78 is 13.4. The lowest BCUT2D eigenvalue weighted by atomic mass is 9.96. The Bertz CT molecular complexity index is 791. The molecule has 0 unspecified atom stereocenters. The van der Waals surface area contributed by atoms with Crippen molar-refractivity contribution >= 4 is 0 Å². The first-order valence-electron chi connectivity index (χ1n) is 5.47. The monoisotopic (exact) mass is 252 g/mol. The third-order valence-corrected chi connectivity index (χ3v) is 2.71. The Morgan fingerprint density at radius 2 is 2.05 bits per heavy atom. The number of aromatic nitrogens is 1. The number of terminal acetylenes is 1. The van der Waals surface area contributed by atoms with E-state index in [4.69, 9.17) is 11.7 Å². The Labute approximate surface area is 109 Å². The standard InChI is InChI=1S/C15H9FN2O/c1-3-10-4-5-11(16)7-12(10)13-6-9(2)18-15(19)14(13)8-17/h1,4-7H,2H3,(H,18,19). The molecule has 2 rings (SSSR count). The zero-order valence-electron chi connectivity index (χ0n) is 10.1. The topological polar surface area (TPSA) is 56.6 Å². The van der Waals surface area contributed by atoms with Gasteiger partial charge in [-0.25, -0.2) is 4.39 Å². The first-order chi connectivity index (χ1) is 9.06. The fourth-order valence-electron chi connectivity index (χ4n) is 1.88. The highest BCUT2D eigenvalue weighted by molar-refractivity contribution is 5.75. The third kappa shape index (κ3) is 2.25. The van der Waals surface area contributed by atoms with Crippen LogP contribution in [0, 0.1) is 36.4 Å². The molecule has 0 amide bonds. The van der Waals surface area contributed by atoms with Crippen molar-refractivity contribution in [3.63, 3.8) is 0 Å². The first kappa shape index (κ1) is 12.6. The Morgan fingerprint density at radius 1 is 1.32 bits per heavy atom. The number of aromatic amines is 1. The van der Waals surface area contributed by atoms with Crippen molar-refractivity contribution in [1.29, 1.82) is 5.26 Å². The highest BCUT2D eigenvalue weighted by Crippen LogP contribution is 2.26. The number of nitrogens with zero attached hydrogens (tertiary/aromatic N) is 1. The Kier molecular flexibility index (Phi) is 3.18. The predicted octanol–water partition coefficient (Wildman–Crippen LogP) is 2.34. The first-order valence-corrected chi connectivity index (χ1v) is 5.47. The van der Waals surface area contributed by atoms with Crippen molar-refractivity contribution in [2.75, 3.05) is 0 Å². The SMILES string of the molecule is C#Cc1ccc(F)cc1-c1cc(C)[nH]c(=O)c1C#N. The van der Waals surface area contributed by atoms with Crippen molar-refractivity contribution < 1.29 is 4.39 Å². The molecule has 92 valence electrons. The van der Waals surface area contributed by atoms with Gasteiger partial charge in [-0.15, -0.1) is 6.42 Å². The number of pyridine rings is 1. The van der Waals surface area contributed by atoms with Crippen LogP contribution in [0.5, 0.6) is 0 Å². The van der Waals surface area contributed by atoms with Gasteiger partial charge in [0.15, 0.2) is 0 Å². The largest absolute Gasteiger partial charge is 0.325 e. The van der Waals surface area contributed by atoms with Crippen LogP contribution in [0.2, 0.25) is 0 Å². The fourth-order valence-corrected chi connectivity index (χ4v) is 1.88. The normalized spacial score (nSPS) is 9.68. The lowest BCUT2D eigenvalue weighted by Crippen LogP contribution is -2.13. The van der Waals surface area contributed by atoms with E-state index in [9.17, 15) is 9.18 Å². The van der Waals surface area contributed by atoms with E-state index < -0.39 is 11.4 Å². The molecule has 1 aromatic heterocycles. The molecule has 0 saturated carbocycles. The highest BCUT2D eigenvalue weighted by atomic mass is 19.1. The summed E-state index contributed by atoms with van der Waals surface area (Å²) in [6.07, 6.45) is 5.36. The van der Waals surface area contributed by atoms with Gasteiger partial charge in [0, 0.05) is 22.4 Å². The molecule has 1 heterocycles. The van der Waals surface area contributed by atoms with Crippen LogP contribution in [-0.2, 0) is 0 Å². The molecule has 0 aliphatic rings. The Balaban J connectivity index is 2.87. The van der Waals surface area contributed by atoms with E-state index in [1.54, 1.807) is 13.0 Å². The molecule has 2 aromatic rings. The number of nitrogens with one attached hydrogen (secondary N) is 1. The van der Waals surface area contributed by atoms with Crippen molar-refractivity contribution in [1.82, 2.24) is 4.98 Å². The highest BCUT2D eigenvalue weighted by Gasteiger charge is 2.13. The molecule has 1 N–H and O–H groups in total. The number of nitriles is 1. The molecule has 0 atom stereocenters. The van der Waals surface area contributed by atoms with Gasteiger partial charge in [0.25, 0.3) is 5.56 Å². The van der Waals surface area contributed by atoms with Crippen LogP contribution < -0.4 is 5.56 Å². The second-order valence-electron chi connectivity index (χ2n) is 4.02. The van der Waals surface area contributed by atoms with Crippen LogP contribution >= 0.6 is 0 Å². The average molecular weight is 252 g/mol. The number of benzene rings is 1. The van der Waals surface area contributed by atoms with Gasteiger partial charge < -0.3 is 4.98 Å². The van der Waals surface area contributed by atoms with Gasteiger partial charge in [0.05, 0.1) is 0 Å². The smallest absolute Gasteiger partial charge is 0.266 e. The lowest BCUT2D eigenvalue weighted by molar-refractivity contribution is 0.628. The summed E-state index contributed by atoms with van der Waals surface area (Å²) in [5, 5.41) is 9.07. The quantitative estimate of drug-likeness (QED) is 0.792. The van der Waals surface area contributed by atoms with Crippen LogP contribution in [0.1, 0.15) is 16.8 Å². The molecule has 4 heteroatoms. The van der Waals surface area contributed by atoms with Crippen molar-refractivity contribution in [3.8, 4) is 29.5 Å². The van der Waals surface area contributed by atoms with Gasteiger partial charge in [-0.05, 0) is 31.2 Å². The van der Waals surface area contributed by atoms with Gasteiger partial charge >= 0.3 is 0 Å². The zero-order chi connectivity index (χ0) is 14.0. The summed E-state index contributed by atoms with van der Waals surface area (Å²) in [4.78, 5) is 14.3.